The molecule has 0 aromatic heterocycles. The van der Waals surface area contributed by atoms with Gasteiger partial charge in [0, 0.05) is 11.0 Å². The number of hydrogen-bond donors (Lipinski definition) is 2. The first kappa shape index (κ1) is 15.7. The molecule has 0 spiro atoms. The van der Waals surface area contributed by atoms with E-state index in [0.717, 1.165) is 24.8 Å². The number of hydrogen-bond acceptors (Lipinski definition) is 2. The molecule has 2 aromatic rings. The van der Waals surface area contributed by atoms with E-state index < -0.39 is 24.2 Å². The molecule has 0 aliphatic rings. The van der Waals surface area contributed by atoms with Gasteiger partial charge in [-0.15, -0.1) is 0 Å². The van der Waals surface area contributed by atoms with Gasteiger partial charge in [-0.3, -0.25) is 0 Å². The summed E-state index contributed by atoms with van der Waals surface area (Å²) in [6, 6.07) is 9.84. The molecule has 0 aliphatic carbocycles. The molecule has 2 rings (SSSR count). The highest BCUT2D eigenvalue weighted by Gasteiger charge is 2.22. The molecule has 0 radical (unpaired) electrons. The highest BCUT2D eigenvalue weighted by molar-refractivity contribution is 6.58. The topological polar surface area (TPSA) is 40.5 Å². The van der Waals surface area contributed by atoms with Gasteiger partial charge < -0.3 is 10.0 Å². The third-order valence-corrected chi connectivity index (χ3v) is 3.47. The normalized spacial score (nSPS) is 10.7. The van der Waals surface area contributed by atoms with E-state index in [0.29, 0.717) is 5.56 Å². The van der Waals surface area contributed by atoms with Crippen molar-refractivity contribution >= 4 is 12.6 Å². The van der Waals surface area contributed by atoms with Crippen molar-refractivity contribution in [3.05, 3.63) is 53.6 Å². The van der Waals surface area contributed by atoms with Gasteiger partial charge in [0.25, 0.3) is 0 Å². The van der Waals surface area contributed by atoms with E-state index in [2.05, 4.69) is 6.92 Å². The van der Waals surface area contributed by atoms with Crippen LogP contribution in [0.25, 0.3) is 11.1 Å². The van der Waals surface area contributed by atoms with Crippen molar-refractivity contribution in [1.82, 2.24) is 0 Å². The fraction of sp³-hybridized carbons (Fsp3) is 0.250. The monoisotopic (exact) mass is 290 g/mol. The summed E-state index contributed by atoms with van der Waals surface area (Å²) in [5.74, 6) is -2.29. The summed E-state index contributed by atoms with van der Waals surface area (Å²) >= 11 is 0. The SMILES string of the molecule is CCCCc1ccc(-c2ccc(B(O)O)c(F)c2F)cc1. The van der Waals surface area contributed by atoms with Crippen LogP contribution in [0.15, 0.2) is 36.4 Å². The van der Waals surface area contributed by atoms with E-state index in [-0.39, 0.29) is 5.56 Å². The van der Waals surface area contributed by atoms with Crippen molar-refractivity contribution in [3.8, 4) is 11.1 Å². The molecule has 2 aromatic carbocycles. The Hall–Kier alpha value is -1.72. The van der Waals surface area contributed by atoms with E-state index in [1.54, 1.807) is 12.1 Å². The first-order chi connectivity index (χ1) is 10.0. The summed E-state index contributed by atoms with van der Waals surface area (Å²) in [5, 5.41) is 17.9. The first-order valence-electron chi connectivity index (χ1n) is 6.98. The van der Waals surface area contributed by atoms with Crippen LogP contribution in [0, 0.1) is 11.6 Å². The molecule has 0 saturated heterocycles. The molecule has 5 heteroatoms. The zero-order valence-corrected chi connectivity index (χ0v) is 11.8. The Morgan fingerprint density at radius 2 is 1.62 bits per heavy atom. The van der Waals surface area contributed by atoms with Crippen molar-refractivity contribution in [2.45, 2.75) is 26.2 Å². The maximum absolute atomic E-state index is 14.0. The van der Waals surface area contributed by atoms with Crippen LogP contribution in [0.1, 0.15) is 25.3 Å². The van der Waals surface area contributed by atoms with Gasteiger partial charge in [0.15, 0.2) is 11.6 Å². The molecule has 110 valence electrons. The van der Waals surface area contributed by atoms with E-state index in [1.807, 2.05) is 12.1 Å². The fourth-order valence-electron chi connectivity index (χ4n) is 2.22. The molecule has 2 nitrogen and oxygen atoms in total. The van der Waals surface area contributed by atoms with Crippen LogP contribution in [-0.2, 0) is 6.42 Å². The molecule has 0 unspecified atom stereocenters. The summed E-state index contributed by atoms with van der Waals surface area (Å²) in [5.41, 5.74) is 1.37. The van der Waals surface area contributed by atoms with Gasteiger partial charge in [0.1, 0.15) is 0 Å². The van der Waals surface area contributed by atoms with Crippen molar-refractivity contribution in [2.24, 2.45) is 0 Å². The summed E-state index contributed by atoms with van der Waals surface area (Å²) in [6.07, 6.45) is 3.15. The molecule has 0 fully saturated rings. The second-order valence-corrected chi connectivity index (χ2v) is 5.00. The van der Waals surface area contributed by atoms with E-state index in [4.69, 9.17) is 10.0 Å². The largest absolute Gasteiger partial charge is 0.491 e. The molecule has 21 heavy (non-hydrogen) atoms. The molecule has 0 atom stereocenters. The number of aryl methyl sites for hydroxylation is 1. The fourth-order valence-corrected chi connectivity index (χ4v) is 2.22. The van der Waals surface area contributed by atoms with Gasteiger partial charge in [-0.05, 0) is 24.0 Å². The molecular weight excluding hydrogens is 273 g/mol. The predicted molar refractivity (Wildman–Crippen MR) is 80.2 cm³/mol. The number of benzene rings is 2. The lowest BCUT2D eigenvalue weighted by Crippen LogP contribution is -2.33. The molecule has 0 heterocycles. The molecule has 0 aliphatic heterocycles. The van der Waals surface area contributed by atoms with Crippen LogP contribution in [-0.4, -0.2) is 17.2 Å². The number of unbranched alkanes of at least 4 members (excludes halogenated alkanes) is 1. The molecular formula is C16H17BF2O2. The average molecular weight is 290 g/mol. The summed E-state index contributed by atoms with van der Waals surface area (Å²) in [6.45, 7) is 2.11. The second kappa shape index (κ2) is 6.83. The third-order valence-electron chi connectivity index (χ3n) is 3.47. The van der Waals surface area contributed by atoms with Crippen LogP contribution >= 0.6 is 0 Å². The molecule has 0 amide bonds. The summed E-state index contributed by atoms with van der Waals surface area (Å²) in [4.78, 5) is 0. The highest BCUT2D eigenvalue weighted by atomic mass is 19.2. The van der Waals surface area contributed by atoms with Crippen molar-refractivity contribution in [1.29, 1.82) is 0 Å². The maximum atomic E-state index is 14.0. The third kappa shape index (κ3) is 3.49. The van der Waals surface area contributed by atoms with Gasteiger partial charge in [-0.2, -0.15) is 0 Å². The number of rotatable bonds is 5. The Labute approximate surface area is 123 Å². The van der Waals surface area contributed by atoms with Crippen molar-refractivity contribution < 1.29 is 18.8 Å². The lowest BCUT2D eigenvalue weighted by molar-refractivity contribution is 0.420. The molecule has 0 bridgehead atoms. The smallest absolute Gasteiger partial charge is 0.423 e. The quantitative estimate of drug-likeness (QED) is 0.831. The van der Waals surface area contributed by atoms with Crippen LogP contribution in [0.5, 0.6) is 0 Å². The van der Waals surface area contributed by atoms with Gasteiger partial charge in [-0.25, -0.2) is 8.78 Å². The predicted octanol–water partition coefficient (Wildman–Crippen LogP) is 2.65. The Balaban J connectivity index is 2.32. The Bertz CT molecular complexity index is 612. The zero-order valence-electron chi connectivity index (χ0n) is 11.8. The highest BCUT2D eigenvalue weighted by Crippen LogP contribution is 2.24. The minimum Gasteiger partial charge on any atom is -0.423 e. The van der Waals surface area contributed by atoms with Crippen LogP contribution in [0.2, 0.25) is 0 Å². The van der Waals surface area contributed by atoms with Crippen molar-refractivity contribution in [2.75, 3.05) is 0 Å². The standard InChI is InChI=1S/C16H17BF2O2/c1-2-3-4-11-5-7-12(8-6-11)13-9-10-14(17(20)21)16(19)15(13)18/h5-10,20-21H,2-4H2,1H3. The van der Waals surface area contributed by atoms with Crippen molar-refractivity contribution in [3.63, 3.8) is 0 Å². The minimum atomic E-state index is -2.02. The van der Waals surface area contributed by atoms with E-state index >= 15 is 0 Å². The lowest BCUT2D eigenvalue weighted by Gasteiger charge is -2.09. The molecule has 2 N–H and O–H groups in total. The van der Waals surface area contributed by atoms with E-state index in [1.165, 1.54) is 12.1 Å². The second-order valence-electron chi connectivity index (χ2n) is 5.00. The van der Waals surface area contributed by atoms with Crippen LogP contribution in [0.3, 0.4) is 0 Å². The first-order valence-corrected chi connectivity index (χ1v) is 6.98. The minimum absolute atomic E-state index is 0.110. The maximum Gasteiger partial charge on any atom is 0.491 e. The van der Waals surface area contributed by atoms with Gasteiger partial charge in [0.05, 0.1) is 0 Å². The Kier molecular flexibility index (Phi) is 5.10. The van der Waals surface area contributed by atoms with E-state index in [9.17, 15) is 8.78 Å². The Morgan fingerprint density at radius 3 is 2.19 bits per heavy atom. The van der Waals surface area contributed by atoms with Gasteiger partial charge >= 0.3 is 7.12 Å². The Morgan fingerprint density at radius 1 is 0.952 bits per heavy atom. The molecule has 0 saturated carbocycles. The van der Waals surface area contributed by atoms with Gasteiger partial charge in [-0.1, -0.05) is 49.7 Å². The average Bonchev–Trinajstić information content (AvgIpc) is 2.48. The zero-order chi connectivity index (χ0) is 15.4. The lowest BCUT2D eigenvalue weighted by atomic mass is 9.79. The summed E-state index contributed by atoms with van der Waals surface area (Å²) in [7, 11) is -2.02. The summed E-state index contributed by atoms with van der Waals surface area (Å²) < 4.78 is 27.8. The van der Waals surface area contributed by atoms with Gasteiger partial charge in [0.2, 0.25) is 0 Å². The van der Waals surface area contributed by atoms with Crippen LogP contribution in [0.4, 0.5) is 8.78 Å². The van der Waals surface area contributed by atoms with Crippen LogP contribution < -0.4 is 5.46 Å². The number of halogens is 2.